The Morgan fingerprint density at radius 1 is 0.800 bits per heavy atom. The maximum Gasteiger partial charge on any atom is 0.222 e. The second kappa shape index (κ2) is 5.73. The van der Waals surface area contributed by atoms with Gasteiger partial charge >= 0.3 is 0 Å². The zero-order chi connectivity index (χ0) is 11.3. The molecule has 2 fully saturated rings. The lowest BCUT2D eigenvalue weighted by Gasteiger charge is -2.21. The van der Waals surface area contributed by atoms with Crippen molar-refractivity contribution in [3.8, 4) is 0 Å². The summed E-state index contributed by atoms with van der Waals surface area (Å²) in [5.74, 6) is 0.594. The number of hydrogen-bond donors (Lipinski definition) is 0. The Bertz CT molecular complexity index is 241. The summed E-state index contributed by atoms with van der Waals surface area (Å²) in [7, 11) is 3.71. The molecule has 0 unspecified atom stereocenters. The number of carbonyl (C=O) groups is 2. The van der Waals surface area contributed by atoms with Gasteiger partial charge in [0, 0.05) is 40.0 Å². The highest BCUT2D eigenvalue weighted by Crippen LogP contribution is 2.06. The number of likely N-dealkylation sites (tertiary alicyclic amines) is 2. The standard InChI is InChI=1S/C6H11NO.C5H9NO/c1-7-5-3-2-4-6(7)8;1-6-4-2-3-5(6)7/h2-5H2,1H3;2-4H2,1H3. The summed E-state index contributed by atoms with van der Waals surface area (Å²) in [6, 6.07) is 0. The van der Waals surface area contributed by atoms with E-state index in [4.69, 9.17) is 0 Å². The maximum atomic E-state index is 10.7. The van der Waals surface area contributed by atoms with Crippen LogP contribution in [0.25, 0.3) is 0 Å². The third kappa shape index (κ3) is 3.90. The van der Waals surface area contributed by atoms with Crippen molar-refractivity contribution in [2.24, 2.45) is 0 Å². The zero-order valence-electron chi connectivity index (χ0n) is 9.66. The molecule has 0 aromatic rings. The Morgan fingerprint density at radius 2 is 1.27 bits per heavy atom. The molecule has 4 nitrogen and oxygen atoms in total. The van der Waals surface area contributed by atoms with Crippen LogP contribution >= 0.6 is 0 Å². The Morgan fingerprint density at radius 3 is 1.53 bits per heavy atom. The molecule has 2 heterocycles. The molecule has 0 spiro atoms. The third-order valence-corrected chi connectivity index (χ3v) is 2.87. The number of rotatable bonds is 0. The molecule has 0 N–H and O–H groups in total. The van der Waals surface area contributed by atoms with Gasteiger partial charge in [-0.25, -0.2) is 0 Å². The fourth-order valence-corrected chi connectivity index (χ4v) is 1.72. The van der Waals surface area contributed by atoms with Crippen LogP contribution in [0.4, 0.5) is 0 Å². The van der Waals surface area contributed by atoms with Crippen LogP contribution in [0.15, 0.2) is 0 Å². The molecule has 0 bridgehead atoms. The molecule has 2 rings (SSSR count). The van der Waals surface area contributed by atoms with E-state index in [0.717, 1.165) is 38.8 Å². The highest BCUT2D eigenvalue weighted by molar-refractivity contribution is 5.77. The predicted molar refractivity (Wildman–Crippen MR) is 58.4 cm³/mol. The van der Waals surface area contributed by atoms with Crippen molar-refractivity contribution >= 4 is 11.8 Å². The zero-order valence-corrected chi connectivity index (χ0v) is 9.66. The van der Waals surface area contributed by atoms with Gasteiger partial charge in [-0.3, -0.25) is 9.59 Å². The van der Waals surface area contributed by atoms with Crippen LogP contribution in [0.3, 0.4) is 0 Å². The van der Waals surface area contributed by atoms with Gasteiger partial charge in [-0.2, -0.15) is 0 Å². The van der Waals surface area contributed by atoms with Crippen molar-refractivity contribution in [3.63, 3.8) is 0 Å². The van der Waals surface area contributed by atoms with Gasteiger partial charge in [0.1, 0.15) is 0 Å². The van der Waals surface area contributed by atoms with E-state index in [9.17, 15) is 9.59 Å². The second-order valence-electron chi connectivity index (χ2n) is 4.19. The first-order valence-electron chi connectivity index (χ1n) is 5.59. The molecule has 0 saturated carbocycles. The summed E-state index contributed by atoms with van der Waals surface area (Å²) in [6.07, 6.45) is 4.84. The smallest absolute Gasteiger partial charge is 0.222 e. The van der Waals surface area contributed by atoms with Gasteiger partial charge in [0.2, 0.25) is 11.8 Å². The van der Waals surface area contributed by atoms with Gasteiger partial charge in [0.25, 0.3) is 0 Å². The Kier molecular flexibility index (Phi) is 4.59. The van der Waals surface area contributed by atoms with E-state index in [-0.39, 0.29) is 0 Å². The van der Waals surface area contributed by atoms with Crippen molar-refractivity contribution in [2.45, 2.75) is 32.1 Å². The van der Waals surface area contributed by atoms with Crippen molar-refractivity contribution in [2.75, 3.05) is 27.2 Å². The third-order valence-electron chi connectivity index (χ3n) is 2.87. The lowest BCUT2D eigenvalue weighted by Crippen LogP contribution is -2.31. The molecule has 0 aliphatic carbocycles. The molecule has 0 atom stereocenters. The summed E-state index contributed by atoms with van der Waals surface area (Å²) in [5.41, 5.74) is 0. The van der Waals surface area contributed by atoms with Crippen LogP contribution < -0.4 is 0 Å². The molecule has 0 aromatic carbocycles. The number of amides is 2. The topological polar surface area (TPSA) is 40.6 Å². The van der Waals surface area contributed by atoms with E-state index in [1.54, 1.807) is 9.80 Å². The fraction of sp³-hybridized carbons (Fsp3) is 0.818. The van der Waals surface area contributed by atoms with Crippen LogP contribution in [-0.4, -0.2) is 48.8 Å². The van der Waals surface area contributed by atoms with Gasteiger partial charge in [0.15, 0.2) is 0 Å². The number of hydrogen-bond acceptors (Lipinski definition) is 2. The summed E-state index contributed by atoms with van der Waals surface area (Å²) < 4.78 is 0. The molecule has 2 saturated heterocycles. The highest BCUT2D eigenvalue weighted by atomic mass is 16.2. The molecular formula is C11H20N2O2. The molecule has 0 radical (unpaired) electrons. The Balaban J connectivity index is 0.000000151. The minimum Gasteiger partial charge on any atom is -0.346 e. The summed E-state index contributed by atoms with van der Waals surface area (Å²) >= 11 is 0. The van der Waals surface area contributed by atoms with Crippen LogP contribution in [0.1, 0.15) is 32.1 Å². The van der Waals surface area contributed by atoms with Crippen LogP contribution in [0, 0.1) is 0 Å². The quantitative estimate of drug-likeness (QED) is 0.597. The normalized spacial score (nSPS) is 21.5. The number of carbonyl (C=O) groups excluding carboxylic acids is 2. The minimum absolute atomic E-state index is 0.292. The average molecular weight is 212 g/mol. The van der Waals surface area contributed by atoms with Crippen molar-refractivity contribution in [1.29, 1.82) is 0 Å². The minimum atomic E-state index is 0.292. The van der Waals surface area contributed by atoms with Gasteiger partial charge in [-0.05, 0) is 19.3 Å². The first kappa shape index (κ1) is 12.0. The average Bonchev–Trinajstić information content (AvgIpc) is 2.57. The van der Waals surface area contributed by atoms with E-state index in [2.05, 4.69) is 0 Å². The van der Waals surface area contributed by atoms with Gasteiger partial charge in [-0.1, -0.05) is 0 Å². The fourth-order valence-electron chi connectivity index (χ4n) is 1.72. The van der Waals surface area contributed by atoms with Crippen molar-refractivity contribution < 1.29 is 9.59 Å². The molecule has 2 aliphatic heterocycles. The maximum absolute atomic E-state index is 10.7. The van der Waals surface area contributed by atoms with E-state index < -0.39 is 0 Å². The molecule has 0 aromatic heterocycles. The highest BCUT2D eigenvalue weighted by Gasteiger charge is 2.14. The van der Waals surface area contributed by atoms with Gasteiger partial charge < -0.3 is 9.80 Å². The van der Waals surface area contributed by atoms with Crippen LogP contribution in [0.5, 0.6) is 0 Å². The Labute approximate surface area is 91.2 Å². The Hall–Kier alpha value is -1.06. The molecule has 2 aliphatic rings. The van der Waals surface area contributed by atoms with Gasteiger partial charge in [-0.15, -0.1) is 0 Å². The lowest BCUT2D eigenvalue weighted by atomic mass is 10.1. The lowest BCUT2D eigenvalue weighted by molar-refractivity contribution is -0.131. The first-order valence-corrected chi connectivity index (χ1v) is 5.59. The second-order valence-corrected chi connectivity index (χ2v) is 4.19. The van der Waals surface area contributed by atoms with E-state index in [0.29, 0.717) is 11.8 Å². The summed E-state index contributed by atoms with van der Waals surface area (Å²) in [5, 5.41) is 0. The SMILES string of the molecule is CN1CCCC1=O.CN1CCCCC1=O. The molecule has 2 amide bonds. The molecular weight excluding hydrogens is 192 g/mol. The van der Waals surface area contributed by atoms with E-state index >= 15 is 0 Å². The monoisotopic (exact) mass is 212 g/mol. The first-order chi connectivity index (χ1) is 7.11. The van der Waals surface area contributed by atoms with Crippen molar-refractivity contribution in [3.05, 3.63) is 0 Å². The van der Waals surface area contributed by atoms with E-state index in [1.165, 1.54) is 6.42 Å². The number of nitrogens with zero attached hydrogens (tertiary/aromatic N) is 2. The molecule has 4 heteroatoms. The predicted octanol–water partition coefficient (Wildman–Crippen LogP) is 0.867. The molecule has 86 valence electrons. The van der Waals surface area contributed by atoms with E-state index in [1.807, 2.05) is 14.1 Å². The van der Waals surface area contributed by atoms with Gasteiger partial charge in [0.05, 0.1) is 0 Å². The largest absolute Gasteiger partial charge is 0.346 e. The summed E-state index contributed by atoms with van der Waals surface area (Å²) in [4.78, 5) is 24.8. The number of piperidine rings is 1. The van der Waals surface area contributed by atoms with Crippen molar-refractivity contribution in [1.82, 2.24) is 9.80 Å². The summed E-state index contributed by atoms with van der Waals surface area (Å²) in [6.45, 7) is 1.91. The molecule has 15 heavy (non-hydrogen) atoms. The van der Waals surface area contributed by atoms with Crippen LogP contribution in [0.2, 0.25) is 0 Å². The van der Waals surface area contributed by atoms with Crippen LogP contribution in [-0.2, 0) is 9.59 Å².